The first kappa shape index (κ1) is 12.1. The van der Waals surface area contributed by atoms with Crippen molar-refractivity contribution in [3.05, 3.63) is 33.8 Å². The summed E-state index contributed by atoms with van der Waals surface area (Å²) in [6.45, 7) is 1.97. The van der Waals surface area contributed by atoms with Gasteiger partial charge in [-0.2, -0.15) is 0 Å². The van der Waals surface area contributed by atoms with E-state index in [0.29, 0.717) is 0 Å². The normalized spacial score (nSPS) is 15.8. The van der Waals surface area contributed by atoms with Gasteiger partial charge in [0.1, 0.15) is 0 Å². The molecule has 1 saturated carbocycles. The van der Waals surface area contributed by atoms with Gasteiger partial charge in [-0.3, -0.25) is 0 Å². The second-order valence-corrected chi connectivity index (χ2v) is 5.67. The number of rotatable bonds is 5. The lowest BCUT2D eigenvalue weighted by Crippen LogP contribution is -2.15. The Bertz CT molecular complexity index is 359. The minimum absolute atomic E-state index is 0.778. The minimum atomic E-state index is 0.778. The lowest BCUT2D eigenvalue weighted by molar-refractivity contribution is 0.401. The van der Waals surface area contributed by atoms with E-state index >= 15 is 0 Å². The summed E-state index contributed by atoms with van der Waals surface area (Å²) in [7, 11) is 4.18. The Hall–Kier alpha value is -0.380. The molecular weight excluding hydrogens is 264 g/mol. The summed E-state index contributed by atoms with van der Waals surface area (Å²) in [5, 5.41) is 3.53. The maximum atomic E-state index is 3.64. The molecule has 16 heavy (non-hydrogen) atoms. The molecule has 0 atom stereocenters. The van der Waals surface area contributed by atoms with Crippen LogP contribution in [0, 0.1) is 0 Å². The van der Waals surface area contributed by atoms with Crippen LogP contribution in [0.4, 0.5) is 0 Å². The lowest BCUT2D eigenvalue weighted by atomic mass is 10.1. The SMILES string of the molecule is CN(C)Cc1ccc(CNC2CC2)cc1Br. The molecule has 1 fully saturated rings. The van der Waals surface area contributed by atoms with Gasteiger partial charge in [0.15, 0.2) is 0 Å². The zero-order valence-corrected chi connectivity index (χ0v) is 11.5. The first-order valence-corrected chi connectivity index (χ1v) is 6.60. The lowest BCUT2D eigenvalue weighted by Gasteiger charge is -2.12. The molecule has 1 aromatic rings. The molecule has 0 aromatic heterocycles. The van der Waals surface area contributed by atoms with Crippen molar-refractivity contribution < 1.29 is 0 Å². The molecule has 0 amide bonds. The van der Waals surface area contributed by atoms with E-state index in [1.807, 2.05) is 0 Å². The Kier molecular flexibility index (Phi) is 4.00. The maximum absolute atomic E-state index is 3.64. The van der Waals surface area contributed by atoms with Crippen LogP contribution in [-0.4, -0.2) is 25.0 Å². The van der Waals surface area contributed by atoms with Gasteiger partial charge < -0.3 is 10.2 Å². The second-order valence-electron chi connectivity index (χ2n) is 4.82. The smallest absolute Gasteiger partial charge is 0.0238 e. The summed E-state index contributed by atoms with van der Waals surface area (Å²) in [6, 6.07) is 7.45. The molecule has 2 rings (SSSR count). The predicted octanol–water partition coefficient (Wildman–Crippen LogP) is 2.76. The molecule has 0 aliphatic heterocycles. The summed E-state index contributed by atoms with van der Waals surface area (Å²) in [5.41, 5.74) is 2.71. The fraction of sp³-hybridized carbons (Fsp3) is 0.538. The number of benzene rings is 1. The number of halogens is 1. The van der Waals surface area contributed by atoms with Gasteiger partial charge in [0.25, 0.3) is 0 Å². The van der Waals surface area contributed by atoms with Crippen LogP contribution >= 0.6 is 15.9 Å². The molecule has 0 heterocycles. The van der Waals surface area contributed by atoms with Gasteiger partial charge in [0.2, 0.25) is 0 Å². The standard InChI is InChI=1S/C13H19BrN2/c1-16(2)9-11-4-3-10(7-13(11)14)8-15-12-5-6-12/h3-4,7,12,15H,5-6,8-9H2,1-2H3. The largest absolute Gasteiger partial charge is 0.310 e. The van der Waals surface area contributed by atoms with Crippen LogP contribution in [0.3, 0.4) is 0 Å². The van der Waals surface area contributed by atoms with Crippen molar-refractivity contribution in [1.82, 2.24) is 10.2 Å². The van der Waals surface area contributed by atoms with Gasteiger partial charge in [-0.1, -0.05) is 28.1 Å². The third-order valence-corrected chi connectivity index (χ3v) is 3.51. The Balaban J connectivity index is 1.97. The monoisotopic (exact) mass is 282 g/mol. The molecule has 3 heteroatoms. The summed E-state index contributed by atoms with van der Waals surface area (Å²) in [5.74, 6) is 0. The molecule has 1 aliphatic carbocycles. The van der Waals surface area contributed by atoms with E-state index in [0.717, 1.165) is 19.1 Å². The highest BCUT2D eigenvalue weighted by Gasteiger charge is 2.19. The molecule has 0 unspecified atom stereocenters. The summed E-state index contributed by atoms with van der Waals surface area (Å²) in [6.07, 6.45) is 2.69. The van der Waals surface area contributed by atoms with Crippen molar-refractivity contribution in [2.75, 3.05) is 14.1 Å². The first-order valence-electron chi connectivity index (χ1n) is 5.80. The summed E-state index contributed by atoms with van der Waals surface area (Å²) in [4.78, 5) is 2.18. The fourth-order valence-electron chi connectivity index (χ4n) is 1.72. The molecular formula is C13H19BrN2. The summed E-state index contributed by atoms with van der Waals surface area (Å²) >= 11 is 3.64. The van der Waals surface area contributed by atoms with Crippen LogP contribution in [0.1, 0.15) is 24.0 Å². The van der Waals surface area contributed by atoms with E-state index in [1.54, 1.807) is 0 Å². The first-order chi connectivity index (χ1) is 7.65. The molecule has 1 aliphatic rings. The van der Waals surface area contributed by atoms with Crippen molar-refractivity contribution >= 4 is 15.9 Å². The van der Waals surface area contributed by atoms with Gasteiger partial charge in [0, 0.05) is 23.6 Å². The second kappa shape index (κ2) is 5.30. The van der Waals surface area contributed by atoms with E-state index in [2.05, 4.69) is 58.4 Å². The maximum Gasteiger partial charge on any atom is 0.0238 e. The van der Waals surface area contributed by atoms with E-state index < -0.39 is 0 Å². The van der Waals surface area contributed by atoms with E-state index in [1.165, 1.54) is 28.4 Å². The quantitative estimate of drug-likeness (QED) is 0.894. The Morgan fingerprint density at radius 1 is 1.38 bits per heavy atom. The predicted molar refractivity (Wildman–Crippen MR) is 71.4 cm³/mol. The van der Waals surface area contributed by atoms with Gasteiger partial charge >= 0.3 is 0 Å². The molecule has 1 aromatic carbocycles. The molecule has 0 radical (unpaired) electrons. The van der Waals surface area contributed by atoms with Gasteiger partial charge in [-0.25, -0.2) is 0 Å². The van der Waals surface area contributed by atoms with Crippen LogP contribution in [0.15, 0.2) is 22.7 Å². The Labute approximate surface area is 106 Å². The van der Waals surface area contributed by atoms with E-state index in [4.69, 9.17) is 0 Å². The number of nitrogens with one attached hydrogen (secondary N) is 1. The van der Waals surface area contributed by atoms with E-state index in [9.17, 15) is 0 Å². The number of nitrogens with zero attached hydrogens (tertiary/aromatic N) is 1. The highest BCUT2D eigenvalue weighted by Crippen LogP contribution is 2.22. The minimum Gasteiger partial charge on any atom is -0.310 e. The van der Waals surface area contributed by atoms with Crippen LogP contribution < -0.4 is 5.32 Å². The average molecular weight is 283 g/mol. The van der Waals surface area contributed by atoms with Gasteiger partial charge in [0.05, 0.1) is 0 Å². The van der Waals surface area contributed by atoms with Gasteiger partial charge in [-0.15, -0.1) is 0 Å². The van der Waals surface area contributed by atoms with Gasteiger partial charge in [-0.05, 0) is 44.1 Å². The number of hydrogen-bond donors (Lipinski definition) is 1. The van der Waals surface area contributed by atoms with Crippen molar-refractivity contribution in [3.63, 3.8) is 0 Å². The molecule has 1 N–H and O–H groups in total. The molecule has 0 saturated heterocycles. The zero-order valence-electron chi connectivity index (χ0n) is 9.96. The third-order valence-electron chi connectivity index (χ3n) is 2.78. The molecule has 88 valence electrons. The van der Waals surface area contributed by atoms with E-state index in [-0.39, 0.29) is 0 Å². The Morgan fingerprint density at radius 3 is 2.69 bits per heavy atom. The topological polar surface area (TPSA) is 15.3 Å². The van der Waals surface area contributed by atoms with Crippen LogP contribution in [-0.2, 0) is 13.1 Å². The van der Waals surface area contributed by atoms with Crippen molar-refractivity contribution in [3.8, 4) is 0 Å². The molecule has 0 spiro atoms. The zero-order chi connectivity index (χ0) is 11.5. The highest BCUT2D eigenvalue weighted by molar-refractivity contribution is 9.10. The third kappa shape index (κ3) is 3.58. The van der Waals surface area contributed by atoms with Crippen LogP contribution in [0.2, 0.25) is 0 Å². The average Bonchev–Trinajstić information content (AvgIpc) is 3.02. The Morgan fingerprint density at radius 2 is 2.12 bits per heavy atom. The van der Waals surface area contributed by atoms with Crippen molar-refractivity contribution in [2.45, 2.75) is 32.0 Å². The highest BCUT2D eigenvalue weighted by atomic mass is 79.9. The van der Waals surface area contributed by atoms with Crippen molar-refractivity contribution in [2.24, 2.45) is 0 Å². The van der Waals surface area contributed by atoms with Crippen molar-refractivity contribution in [1.29, 1.82) is 0 Å². The number of hydrogen-bond acceptors (Lipinski definition) is 2. The molecule has 2 nitrogen and oxygen atoms in total. The van der Waals surface area contributed by atoms with Crippen LogP contribution in [0.25, 0.3) is 0 Å². The fourth-order valence-corrected chi connectivity index (χ4v) is 2.27. The molecule has 0 bridgehead atoms. The van der Waals surface area contributed by atoms with Crippen LogP contribution in [0.5, 0.6) is 0 Å². The summed E-state index contributed by atoms with van der Waals surface area (Å²) < 4.78 is 1.22.